The Labute approximate surface area is 127 Å². The van der Waals surface area contributed by atoms with Crippen LogP contribution >= 0.6 is 31.9 Å². The second-order valence-electron chi connectivity index (χ2n) is 4.02. The van der Waals surface area contributed by atoms with E-state index in [1.807, 2.05) is 18.2 Å². The number of aromatic hydroxyl groups is 1. The van der Waals surface area contributed by atoms with Crippen LogP contribution in [0.4, 0.5) is 5.69 Å². The van der Waals surface area contributed by atoms with Gasteiger partial charge in [-0.1, -0.05) is 28.1 Å². The van der Waals surface area contributed by atoms with E-state index in [-0.39, 0.29) is 18.1 Å². The van der Waals surface area contributed by atoms with Crippen molar-refractivity contribution in [3.05, 3.63) is 57.0 Å². The van der Waals surface area contributed by atoms with Crippen molar-refractivity contribution in [1.29, 1.82) is 0 Å². The average molecular weight is 385 g/mol. The highest BCUT2D eigenvalue weighted by Gasteiger charge is 2.07. The highest BCUT2D eigenvalue weighted by Crippen LogP contribution is 2.26. The van der Waals surface area contributed by atoms with E-state index in [0.717, 1.165) is 14.5 Å². The van der Waals surface area contributed by atoms with Crippen molar-refractivity contribution < 1.29 is 9.90 Å². The molecule has 0 aliphatic rings. The van der Waals surface area contributed by atoms with Crippen LogP contribution in [-0.2, 0) is 11.2 Å². The molecule has 3 nitrogen and oxygen atoms in total. The largest absolute Gasteiger partial charge is 0.508 e. The molecule has 0 saturated heterocycles. The van der Waals surface area contributed by atoms with Gasteiger partial charge in [0.2, 0.25) is 5.91 Å². The Balaban J connectivity index is 2.05. The topological polar surface area (TPSA) is 49.3 Å². The number of amides is 1. The van der Waals surface area contributed by atoms with Crippen molar-refractivity contribution >= 4 is 43.5 Å². The average Bonchev–Trinajstić information content (AvgIpc) is 2.33. The SMILES string of the molecule is O=C(Cc1cccc(O)c1)Nc1ccc(Br)cc1Br. The summed E-state index contributed by atoms with van der Waals surface area (Å²) >= 11 is 6.74. The van der Waals surface area contributed by atoms with E-state index in [0.29, 0.717) is 5.69 Å². The zero-order valence-corrected chi connectivity index (χ0v) is 13.0. The predicted octanol–water partition coefficient (Wildman–Crippen LogP) is 4.10. The first kappa shape index (κ1) is 14.1. The van der Waals surface area contributed by atoms with E-state index in [4.69, 9.17) is 0 Å². The third-order valence-electron chi connectivity index (χ3n) is 2.48. The molecule has 2 aromatic rings. The lowest BCUT2D eigenvalue weighted by Gasteiger charge is -2.08. The molecule has 1 amide bonds. The second-order valence-corrected chi connectivity index (χ2v) is 5.79. The van der Waals surface area contributed by atoms with Crippen LogP contribution in [0.1, 0.15) is 5.56 Å². The van der Waals surface area contributed by atoms with E-state index in [1.165, 1.54) is 0 Å². The van der Waals surface area contributed by atoms with E-state index < -0.39 is 0 Å². The fourth-order valence-corrected chi connectivity index (χ4v) is 2.78. The molecule has 0 heterocycles. The first-order valence-corrected chi connectivity index (χ1v) is 7.16. The fourth-order valence-electron chi connectivity index (χ4n) is 1.64. The summed E-state index contributed by atoms with van der Waals surface area (Å²) in [4.78, 5) is 11.9. The number of hydrogen-bond donors (Lipinski definition) is 2. The van der Waals surface area contributed by atoms with E-state index in [1.54, 1.807) is 24.3 Å². The molecule has 0 unspecified atom stereocenters. The van der Waals surface area contributed by atoms with Gasteiger partial charge in [-0.2, -0.15) is 0 Å². The van der Waals surface area contributed by atoms with Crippen LogP contribution in [0.25, 0.3) is 0 Å². The number of hydrogen-bond acceptors (Lipinski definition) is 2. The third-order valence-corrected chi connectivity index (χ3v) is 3.63. The Morgan fingerprint density at radius 3 is 2.63 bits per heavy atom. The Morgan fingerprint density at radius 2 is 1.95 bits per heavy atom. The molecule has 0 fully saturated rings. The monoisotopic (exact) mass is 383 g/mol. The van der Waals surface area contributed by atoms with Crippen LogP contribution in [0.3, 0.4) is 0 Å². The molecule has 5 heteroatoms. The van der Waals surface area contributed by atoms with Gasteiger partial charge >= 0.3 is 0 Å². The van der Waals surface area contributed by atoms with E-state index >= 15 is 0 Å². The van der Waals surface area contributed by atoms with Crippen LogP contribution in [0.5, 0.6) is 5.75 Å². The lowest BCUT2D eigenvalue weighted by Crippen LogP contribution is -2.14. The number of carbonyl (C=O) groups excluding carboxylic acids is 1. The minimum Gasteiger partial charge on any atom is -0.508 e. The fraction of sp³-hybridized carbons (Fsp3) is 0.0714. The van der Waals surface area contributed by atoms with Crippen molar-refractivity contribution in [3.8, 4) is 5.75 Å². The minimum atomic E-state index is -0.131. The number of phenols is 1. The molecule has 0 spiro atoms. The van der Waals surface area contributed by atoms with Gasteiger partial charge in [0.15, 0.2) is 0 Å². The van der Waals surface area contributed by atoms with Crippen molar-refractivity contribution in [2.24, 2.45) is 0 Å². The molecule has 2 aromatic carbocycles. The van der Waals surface area contributed by atoms with Gasteiger partial charge in [-0.3, -0.25) is 4.79 Å². The van der Waals surface area contributed by atoms with Crippen LogP contribution < -0.4 is 5.32 Å². The van der Waals surface area contributed by atoms with Crippen LogP contribution in [-0.4, -0.2) is 11.0 Å². The predicted molar refractivity (Wildman–Crippen MR) is 82.3 cm³/mol. The normalized spacial score (nSPS) is 10.2. The number of anilines is 1. The summed E-state index contributed by atoms with van der Waals surface area (Å²) in [6.07, 6.45) is 0.219. The maximum absolute atomic E-state index is 11.9. The lowest BCUT2D eigenvalue weighted by molar-refractivity contribution is -0.115. The van der Waals surface area contributed by atoms with Gasteiger partial charge in [0.1, 0.15) is 5.75 Å². The number of rotatable bonds is 3. The molecule has 0 saturated carbocycles. The zero-order valence-electron chi connectivity index (χ0n) is 9.86. The number of halogens is 2. The second kappa shape index (κ2) is 6.21. The molecule has 19 heavy (non-hydrogen) atoms. The molecule has 0 radical (unpaired) electrons. The summed E-state index contributed by atoms with van der Waals surface area (Å²) in [6, 6.07) is 12.2. The first-order chi connectivity index (χ1) is 9.04. The minimum absolute atomic E-state index is 0.131. The van der Waals surface area contributed by atoms with Crippen molar-refractivity contribution in [3.63, 3.8) is 0 Å². The van der Waals surface area contributed by atoms with Crippen LogP contribution in [0.2, 0.25) is 0 Å². The Bertz CT molecular complexity index is 614. The molecule has 0 aromatic heterocycles. The number of benzene rings is 2. The third kappa shape index (κ3) is 4.08. The quantitative estimate of drug-likeness (QED) is 0.836. The lowest BCUT2D eigenvalue weighted by atomic mass is 10.1. The van der Waals surface area contributed by atoms with Gasteiger partial charge in [0.25, 0.3) is 0 Å². The number of phenolic OH excluding ortho intramolecular Hbond substituents is 1. The molecular weight excluding hydrogens is 374 g/mol. The number of nitrogens with one attached hydrogen (secondary N) is 1. The van der Waals surface area contributed by atoms with Crippen LogP contribution in [0, 0.1) is 0 Å². The van der Waals surface area contributed by atoms with Gasteiger partial charge in [-0.05, 0) is 51.8 Å². The van der Waals surface area contributed by atoms with Gasteiger partial charge in [-0.25, -0.2) is 0 Å². The molecule has 98 valence electrons. The summed E-state index contributed by atoms with van der Waals surface area (Å²) in [7, 11) is 0. The van der Waals surface area contributed by atoms with Gasteiger partial charge in [-0.15, -0.1) is 0 Å². The van der Waals surface area contributed by atoms with Gasteiger partial charge in [0, 0.05) is 8.95 Å². The van der Waals surface area contributed by atoms with Crippen molar-refractivity contribution in [2.75, 3.05) is 5.32 Å². The molecule has 2 N–H and O–H groups in total. The molecule has 0 aliphatic heterocycles. The Morgan fingerprint density at radius 1 is 1.16 bits per heavy atom. The summed E-state index contributed by atoms with van der Waals surface area (Å²) in [5.41, 5.74) is 1.49. The molecule has 0 atom stereocenters. The van der Waals surface area contributed by atoms with E-state index in [9.17, 15) is 9.90 Å². The van der Waals surface area contributed by atoms with Crippen molar-refractivity contribution in [2.45, 2.75) is 6.42 Å². The summed E-state index contributed by atoms with van der Waals surface area (Å²) in [6.45, 7) is 0. The zero-order chi connectivity index (χ0) is 13.8. The summed E-state index contributed by atoms with van der Waals surface area (Å²) in [5.74, 6) is 0.0312. The van der Waals surface area contributed by atoms with Crippen molar-refractivity contribution in [1.82, 2.24) is 0 Å². The standard InChI is InChI=1S/C14H11Br2NO2/c15-10-4-5-13(12(16)8-10)17-14(19)7-9-2-1-3-11(18)6-9/h1-6,8,18H,7H2,(H,17,19). The molecular formula is C14H11Br2NO2. The molecule has 0 bridgehead atoms. The molecule has 0 aliphatic carbocycles. The Kier molecular flexibility index (Phi) is 4.61. The summed E-state index contributed by atoms with van der Waals surface area (Å²) < 4.78 is 1.75. The smallest absolute Gasteiger partial charge is 0.228 e. The van der Waals surface area contributed by atoms with Gasteiger partial charge in [0.05, 0.1) is 12.1 Å². The number of carbonyl (C=O) groups is 1. The highest BCUT2D eigenvalue weighted by atomic mass is 79.9. The first-order valence-electron chi connectivity index (χ1n) is 5.57. The van der Waals surface area contributed by atoms with E-state index in [2.05, 4.69) is 37.2 Å². The summed E-state index contributed by atoms with van der Waals surface area (Å²) in [5, 5.41) is 12.2. The highest BCUT2D eigenvalue weighted by molar-refractivity contribution is 9.11. The van der Waals surface area contributed by atoms with Crippen LogP contribution in [0.15, 0.2) is 51.4 Å². The maximum Gasteiger partial charge on any atom is 0.228 e. The Hall–Kier alpha value is -1.33. The molecule has 2 rings (SSSR count). The maximum atomic E-state index is 11.9. The van der Waals surface area contributed by atoms with Gasteiger partial charge < -0.3 is 10.4 Å².